The van der Waals surface area contributed by atoms with Crippen molar-refractivity contribution in [1.29, 1.82) is 0 Å². The zero-order valence-corrected chi connectivity index (χ0v) is 20.9. The normalized spacial score (nSPS) is 13.0. The largest absolute Gasteiger partial charge is 0.342 e. The molecule has 0 aliphatic carbocycles. The molecule has 5 rings (SSSR count). The third kappa shape index (κ3) is 4.76. The third-order valence-corrected chi connectivity index (χ3v) is 7.02. The van der Waals surface area contributed by atoms with Gasteiger partial charge in [0.1, 0.15) is 5.82 Å². The number of rotatable bonds is 9. The molecule has 0 fully saturated rings. The van der Waals surface area contributed by atoms with Crippen LogP contribution in [0.15, 0.2) is 103 Å². The molecule has 1 atom stereocenters. The number of aromatic nitrogens is 2. The lowest BCUT2D eigenvalue weighted by atomic mass is 9.75. The number of nitrogens with one attached hydrogen (secondary N) is 1. The minimum atomic E-state index is -0.728. The van der Waals surface area contributed by atoms with Crippen molar-refractivity contribution < 1.29 is 4.39 Å². The van der Waals surface area contributed by atoms with Crippen molar-refractivity contribution in [3.63, 3.8) is 0 Å². The Balaban J connectivity index is 1.75. The number of hydrogen-bond donors (Lipinski definition) is 1. The second kappa shape index (κ2) is 10.4. The molecule has 36 heavy (non-hydrogen) atoms. The molecule has 0 spiro atoms. The smallest absolute Gasteiger partial charge is 0.203 e. The van der Waals surface area contributed by atoms with E-state index in [0.29, 0.717) is 6.42 Å². The Kier molecular flexibility index (Phi) is 6.86. The number of anilines is 1. The lowest BCUT2D eigenvalue weighted by Crippen LogP contribution is -2.41. The fraction of sp³-hybridized carbons (Fsp3) is 0.219. The maximum absolute atomic E-state index is 14.8. The molecule has 1 heterocycles. The summed E-state index contributed by atoms with van der Waals surface area (Å²) in [6, 6.07) is 30.6. The van der Waals surface area contributed by atoms with E-state index in [2.05, 4.69) is 84.0 Å². The molecular weight excluding hydrogens is 445 g/mol. The van der Waals surface area contributed by atoms with Gasteiger partial charge in [0.2, 0.25) is 5.95 Å². The molecule has 1 N–H and O–H groups in total. The molecule has 0 bridgehead atoms. The van der Waals surface area contributed by atoms with Crippen LogP contribution >= 0.6 is 0 Å². The summed E-state index contributed by atoms with van der Waals surface area (Å²) in [4.78, 5) is 4.62. The van der Waals surface area contributed by atoms with Gasteiger partial charge < -0.3 is 9.88 Å². The van der Waals surface area contributed by atoms with Gasteiger partial charge in [-0.15, -0.1) is 0 Å². The van der Waals surface area contributed by atoms with Crippen molar-refractivity contribution in [3.05, 3.63) is 131 Å². The number of benzene rings is 4. The number of hydrogen-bond acceptors (Lipinski definition) is 2. The number of aryl methyl sites for hydroxylation is 2. The molecule has 3 nitrogen and oxygen atoms in total. The first-order chi connectivity index (χ1) is 17.6. The molecule has 0 radical (unpaired) electrons. The molecular formula is C32H32FN3. The van der Waals surface area contributed by atoms with Crippen molar-refractivity contribution in [2.75, 3.05) is 5.32 Å². The van der Waals surface area contributed by atoms with Gasteiger partial charge in [-0.25, -0.2) is 9.37 Å². The van der Waals surface area contributed by atoms with Crippen molar-refractivity contribution >= 4 is 16.7 Å². The van der Waals surface area contributed by atoms with E-state index in [4.69, 9.17) is 0 Å². The quantitative estimate of drug-likeness (QED) is 0.236. The van der Waals surface area contributed by atoms with Crippen LogP contribution in [0.5, 0.6) is 0 Å². The second-order valence-corrected chi connectivity index (χ2v) is 9.52. The first-order valence-corrected chi connectivity index (χ1v) is 12.7. The van der Waals surface area contributed by atoms with Gasteiger partial charge in [0, 0.05) is 25.9 Å². The highest BCUT2D eigenvalue weighted by Gasteiger charge is 2.37. The third-order valence-electron chi connectivity index (χ3n) is 7.02. The number of nitrogens with zero attached hydrogens (tertiary/aromatic N) is 2. The van der Waals surface area contributed by atoms with E-state index in [1.807, 2.05) is 23.9 Å². The SMILES string of the molecule is CCCCc1ccccc1C(Cc1ccc2ccccc2c1)(Nc1nccn1C)c1cccc(F)c1. The average Bonchev–Trinajstić information content (AvgIpc) is 3.31. The van der Waals surface area contributed by atoms with Crippen molar-refractivity contribution in [2.45, 2.75) is 38.1 Å². The Hall–Kier alpha value is -3.92. The van der Waals surface area contributed by atoms with Crippen LogP contribution in [0.2, 0.25) is 0 Å². The van der Waals surface area contributed by atoms with Crippen molar-refractivity contribution in [3.8, 4) is 0 Å². The summed E-state index contributed by atoms with van der Waals surface area (Å²) in [5, 5.41) is 6.20. The summed E-state index contributed by atoms with van der Waals surface area (Å²) in [6.07, 6.45) is 7.52. The Bertz CT molecular complexity index is 1470. The predicted octanol–water partition coefficient (Wildman–Crippen LogP) is 7.65. The molecule has 0 saturated heterocycles. The first kappa shape index (κ1) is 23.8. The first-order valence-electron chi connectivity index (χ1n) is 12.7. The Morgan fingerprint density at radius 1 is 0.889 bits per heavy atom. The molecule has 4 heteroatoms. The minimum Gasteiger partial charge on any atom is -0.342 e. The summed E-state index contributed by atoms with van der Waals surface area (Å²) >= 11 is 0. The lowest BCUT2D eigenvalue weighted by Gasteiger charge is -2.38. The fourth-order valence-electron chi connectivity index (χ4n) is 5.14. The van der Waals surface area contributed by atoms with E-state index in [0.717, 1.165) is 36.3 Å². The number of unbranched alkanes of at least 4 members (excludes halogenated alkanes) is 1. The molecule has 0 aliphatic heterocycles. The van der Waals surface area contributed by atoms with Gasteiger partial charge in [0.25, 0.3) is 0 Å². The van der Waals surface area contributed by atoms with E-state index in [1.165, 1.54) is 28.0 Å². The van der Waals surface area contributed by atoms with E-state index < -0.39 is 5.54 Å². The standard InChI is InChI=1S/C32H32FN3/c1-3-4-10-26-12-7-8-16-30(26)32(28-14-9-15-29(33)22-28,35-31-34-19-20-36(31)2)23-24-17-18-25-11-5-6-13-27(25)21-24/h5-9,11-22H,3-4,10,23H2,1-2H3,(H,34,35). The van der Waals surface area contributed by atoms with E-state index in [-0.39, 0.29) is 5.82 Å². The lowest BCUT2D eigenvalue weighted by molar-refractivity contribution is 0.555. The van der Waals surface area contributed by atoms with Crippen LogP contribution in [0.4, 0.5) is 10.3 Å². The Morgan fingerprint density at radius 3 is 2.47 bits per heavy atom. The summed E-state index contributed by atoms with van der Waals surface area (Å²) < 4.78 is 16.7. The van der Waals surface area contributed by atoms with Crippen molar-refractivity contribution in [2.24, 2.45) is 7.05 Å². The summed E-state index contributed by atoms with van der Waals surface area (Å²) in [7, 11) is 1.98. The highest BCUT2D eigenvalue weighted by Crippen LogP contribution is 2.39. The van der Waals surface area contributed by atoms with Crippen LogP contribution in [0.3, 0.4) is 0 Å². The molecule has 0 amide bonds. The van der Waals surface area contributed by atoms with Gasteiger partial charge >= 0.3 is 0 Å². The summed E-state index contributed by atoms with van der Waals surface area (Å²) in [5.41, 5.74) is 3.74. The van der Waals surface area contributed by atoms with E-state index in [9.17, 15) is 4.39 Å². The van der Waals surface area contributed by atoms with Crippen LogP contribution < -0.4 is 5.32 Å². The van der Waals surface area contributed by atoms with Crippen LogP contribution in [-0.2, 0) is 25.4 Å². The number of imidazole rings is 1. The fourth-order valence-corrected chi connectivity index (χ4v) is 5.14. The Morgan fingerprint density at radius 2 is 1.69 bits per heavy atom. The van der Waals surface area contributed by atoms with Crippen LogP contribution in [0.1, 0.15) is 42.0 Å². The predicted molar refractivity (Wildman–Crippen MR) is 147 cm³/mol. The van der Waals surface area contributed by atoms with E-state index in [1.54, 1.807) is 18.3 Å². The summed E-state index contributed by atoms with van der Waals surface area (Å²) in [5.74, 6) is 0.494. The molecule has 5 aromatic rings. The zero-order chi connectivity index (χ0) is 25.0. The van der Waals surface area contributed by atoms with Gasteiger partial charge in [-0.05, 0) is 58.0 Å². The zero-order valence-electron chi connectivity index (χ0n) is 20.9. The van der Waals surface area contributed by atoms with Gasteiger partial charge in [-0.1, -0.05) is 92.2 Å². The van der Waals surface area contributed by atoms with E-state index >= 15 is 0 Å². The van der Waals surface area contributed by atoms with Crippen LogP contribution in [0.25, 0.3) is 10.8 Å². The molecule has 0 saturated carbocycles. The highest BCUT2D eigenvalue weighted by atomic mass is 19.1. The van der Waals surface area contributed by atoms with Crippen LogP contribution in [-0.4, -0.2) is 9.55 Å². The summed E-state index contributed by atoms with van der Waals surface area (Å²) in [6.45, 7) is 2.21. The van der Waals surface area contributed by atoms with Gasteiger partial charge in [-0.3, -0.25) is 0 Å². The maximum Gasteiger partial charge on any atom is 0.203 e. The number of halogens is 1. The highest BCUT2D eigenvalue weighted by molar-refractivity contribution is 5.83. The molecule has 0 aliphatic rings. The minimum absolute atomic E-state index is 0.247. The monoisotopic (exact) mass is 477 g/mol. The molecule has 182 valence electrons. The number of fused-ring (bicyclic) bond motifs is 1. The van der Waals surface area contributed by atoms with Crippen molar-refractivity contribution in [1.82, 2.24) is 9.55 Å². The molecule has 4 aromatic carbocycles. The van der Waals surface area contributed by atoms with Gasteiger partial charge in [-0.2, -0.15) is 0 Å². The topological polar surface area (TPSA) is 29.9 Å². The second-order valence-electron chi connectivity index (χ2n) is 9.52. The maximum atomic E-state index is 14.8. The van der Waals surface area contributed by atoms with Crippen LogP contribution in [0, 0.1) is 5.82 Å². The Labute approximate surface area is 212 Å². The van der Waals surface area contributed by atoms with Gasteiger partial charge in [0.15, 0.2) is 0 Å². The molecule has 1 unspecified atom stereocenters. The van der Waals surface area contributed by atoms with Gasteiger partial charge in [0.05, 0.1) is 5.54 Å². The average molecular weight is 478 g/mol. The molecule has 1 aromatic heterocycles.